The van der Waals surface area contributed by atoms with E-state index >= 15 is 0 Å². The van der Waals surface area contributed by atoms with Gasteiger partial charge in [-0.05, 0) is 32.2 Å². The average molecular weight is 367 g/mol. The second kappa shape index (κ2) is 8.01. The van der Waals surface area contributed by atoms with Crippen LogP contribution in [0.4, 0.5) is 5.13 Å². The molecule has 0 bridgehead atoms. The van der Waals surface area contributed by atoms with Gasteiger partial charge < -0.3 is 14.9 Å². The number of nitrogens with zero attached hydrogens (tertiary/aromatic N) is 4. The predicted molar refractivity (Wildman–Crippen MR) is 101 cm³/mol. The Labute approximate surface area is 154 Å². The van der Waals surface area contributed by atoms with Crippen LogP contribution < -0.4 is 4.90 Å². The van der Waals surface area contributed by atoms with Gasteiger partial charge >= 0.3 is 0 Å². The number of aliphatic hydroxyl groups excluding tert-OH is 1. The number of rotatable bonds is 6. The number of likely N-dealkylation sites (tertiary alicyclic amines) is 2. The van der Waals surface area contributed by atoms with Gasteiger partial charge in [0.1, 0.15) is 0 Å². The molecular formula is C18H30N4O2S. The van der Waals surface area contributed by atoms with E-state index in [1.54, 1.807) is 11.3 Å². The first-order valence-electron chi connectivity index (χ1n) is 9.24. The molecule has 2 aliphatic rings. The summed E-state index contributed by atoms with van der Waals surface area (Å²) in [6.45, 7) is 4.85. The molecule has 3 heterocycles. The molecule has 6 nitrogen and oxygen atoms in total. The fourth-order valence-electron chi connectivity index (χ4n) is 4.14. The fourth-order valence-corrected chi connectivity index (χ4v) is 5.02. The minimum Gasteiger partial charge on any atom is -0.396 e. The molecule has 1 unspecified atom stereocenters. The molecule has 0 saturated carbocycles. The molecule has 0 aliphatic carbocycles. The fraction of sp³-hybridized carbons (Fsp3) is 0.778. The third-order valence-electron chi connectivity index (χ3n) is 5.38. The summed E-state index contributed by atoms with van der Waals surface area (Å²) in [5, 5.41) is 10.1. The van der Waals surface area contributed by atoms with Gasteiger partial charge in [0.15, 0.2) is 5.13 Å². The van der Waals surface area contributed by atoms with Crippen LogP contribution in [-0.4, -0.2) is 72.7 Å². The highest BCUT2D eigenvalue weighted by Crippen LogP contribution is 2.39. The van der Waals surface area contributed by atoms with Gasteiger partial charge in [-0.3, -0.25) is 9.69 Å². The summed E-state index contributed by atoms with van der Waals surface area (Å²) >= 11 is 1.76. The molecule has 7 heteroatoms. The number of carbonyl (C=O) groups is 1. The summed E-state index contributed by atoms with van der Waals surface area (Å²) in [6.07, 6.45) is 6.74. The second-order valence-corrected chi connectivity index (χ2v) is 8.80. The van der Waals surface area contributed by atoms with Crippen molar-refractivity contribution in [2.45, 2.75) is 38.6 Å². The van der Waals surface area contributed by atoms with Gasteiger partial charge in [-0.2, -0.15) is 0 Å². The molecule has 0 radical (unpaired) electrons. The van der Waals surface area contributed by atoms with Gasteiger partial charge in [0.2, 0.25) is 5.91 Å². The Kier molecular flexibility index (Phi) is 5.96. The van der Waals surface area contributed by atoms with Gasteiger partial charge in [-0.15, -0.1) is 11.3 Å². The van der Waals surface area contributed by atoms with E-state index in [1.165, 1.54) is 17.7 Å². The highest BCUT2D eigenvalue weighted by Gasteiger charge is 2.41. The molecule has 1 aromatic heterocycles. The number of aliphatic hydroxyl groups is 1. The van der Waals surface area contributed by atoms with Gasteiger partial charge in [0.05, 0.1) is 0 Å². The van der Waals surface area contributed by atoms with Crippen LogP contribution >= 0.6 is 11.3 Å². The molecule has 1 spiro atoms. The number of carbonyl (C=O) groups excluding carboxylic acids is 1. The van der Waals surface area contributed by atoms with E-state index in [4.69, 9.17) is 5.11 Å². The van der Waals surface area contributed by atoms with Crippen LogP contribution in [0.25, 0.3) is 0 Å². The lowest BCUT2D eigenvalue weighted by atomic mass is 9.73. The van der Waals surface area contributed by atoms with E-state index in [0.717, 1.165) is 37.7 Å². The standard InChI is InChI=1S/C18H30N4O2S/c1-20(2)17-19-11-15(25-17)12-21-8-3-6-18(13-21)7-5-16(24)22(14-18)9-4-10-23/h11,23H,3-10,12-14H2,1-2H3. The minimum absolute atomic E-state index is 0.155. The first-order valence-corrected chi connectivity index (χ1v) is 10.1. The predicted octanol–water partition coefficient (Wildman–Crippen LogP) is 1.80. The largest absolute Gasteiger partial charge is 0.396 e. The van der Waals surface area contributed by atoms with Crippen molar-refractivity contribution in [1.82, 2.24) is 14.8 Å². The number of aromatic nitrogens is 1. The second-order valence-electron chi connectivity index (χ2n) is 7.71. The van der Waals surface area contributed by atoms with Crippen LogP contribution in [0, 0.1) is 5.41 Å². The van der Waals surface area contributed by atoms with E-state index in [0.29, 0.717) is 19.4 Å². The molecule has 1 amide bonds. The summed E-state index contributed by atoms with van der Waals surface area (Å²) < 4.78 is 0. The van der Waals surface area contributed by atoms with Crippen molar-refractivity contribution in [1.29, 1.82) is 0 Å². The zero-order valence-corrected chi connectivity index (χ0v) is 16.2. The van der Waals surface area contributed by atoms with Crippen molar-refractivity contribution in [2.24, 2.45) is 5.41 Å². The zero-order valence-electron chi connectivity index (χ0n) is 15.4. The van der Waals surface area contributed by atoms with Gasteiger partial charge in [0, 0.05) is 69.8 Å². The van der Waals surface area contributed by atoms with Crippen molar-refractivity contribution in [3.63, 3.8) is 0 Å². The highest BCUT2D eigenvalue weighted by atomic mass is 32.1. The van der Waals surface area contributed by atoms with Crippen molar-refractivity contribution >= 4 is 22.4 Å². The van der Waals surface area contributed by atoms with Crippen molar-refractivity contribution in [3.8, 4) is 0 Å². The summed E-state index contributed by atoms with van der Waals surface area (Å²) in [5.74, 6) is 0.259. The minimum atomic E-state index is 0.155. The van der Waals surface area contributed by atoms with Crippen LogP contribution in [0.5, 0.6) is 0 Å². The monoisotopic (exact) mass is 366 g/mol. The Balaban J connectivity index is 1.62. The molecule has 1 N–H and O–H groups in total. The van der Waals surface area contributed by atoms with E-state index in [9.17, 15) is 4.79 Å². The number of amides is 1. The van der Waals surface area contributed by atoms with Crippen molar-refractivity contribution < 1.29 is 9.90 Å². The number of piperidine rings is 2. The molecule has 3 rings (SSSR count). The van der Waals surface area contributed by atoms with Crippen LogP contribution in [0.2, 0.25) is 0 Å². The van der Waals surface area contributed by atoms with Crippen LogP contribution in [-0.2, 0) is 11.3 Å². The molecule has 25 heavy (non-hydrogen) atoms. The Morgan fingerprint density at radius 2 is 2.20 bits per heavy atom. The third-order valence-corrected chi connectivity index (χ3v) is 6.53. The topological polar surface area (TPSA) is 59.9 Å². The first-order chi connectivity index (χ1) is 12.0. The van der Waals surface area contributed by atoms with Crippen molar-refractivity contribution in [3.05, 3.63) is 11.1 Å². The van der Waals surface area contributed by atoms with Gasteiger partial charge in [-0.25, -0.2) is 4.98 Å². The van der Waals surface area contributed by atoms with E-state index in [-0.39, 0.29) is 17.9 Å². The lowest BCUT2D eigenvalue weighted by Crippen LogP contribution is -2.54. The molecule has 1 atom stereocenters. The maximum absolute atomic E-state index is 12.2. The van der Waals surface area contributed by atoms with Crippen molar-refractivity contribution in [2.75, 3.05) is 51.8 Å². The maximum atomic E-state index is 12.2. The number of hydrogen-bond acceptors (Lipinski definition) is 6. The summed E-state index contributed by atoms with van der Waals surface area (Å²) in [6, 6.07) is 0. The average Bonchev–Trinajstić information content (AvgIpc) is 3.05. The van der Waals surface area contributed by atoms with E-state index in [2.05, 4.69) is 14.8 Å². The molecule has 1 aromatic rings. The first kappa shape index (κ1) is 18.6. The highest BCUT2D eigenvalue weighted by molar-refractivity contribution is 7.15. The molecule has 2 fully saturated rings. The Hall–Kier alpha value is -1.18. The number of thiazole rings is 1. The third kappa shape index (κ3) is 4.51. The summed E-state index contributed by atoms with van der Waals surface area (Å²) in [7, 11) is 4.05. The SMILES string of the molecule is CN(C)c1ncc(CN2CCCC3(CCC(=O)N(CCCO)C3)C2)s1. The van der Waals surface area contributed by atoms with E-state index in [1.807, 2.05) is 25.2 Å². The summed E-state index contributed by atoms with van der Waals surface area (Å²) in [4.78, 5) is 24.6. The molecule has 2 saturated heterocycles. The normalized spacial score (nSPS) is 24.9. The van der Waals surface area contributed by atoms with Crippen LogP contribution in [0.3, 0.4) is 0 Å². The zero-order chi connectivity index (χ0) is 17.9. The quantitative estimate of drug-likeness (QED) is 0.832. The number of anilines is 1. The maximum Gasteiger partial charge on any atom is 0.222 e. The smallest absolute Gasteiger partial charge is 0.222 e. The Morgan fingerprint density at radius 1 is 1.36 bits per heavy atom. The van der Waals surface area contributed by atoms with Gasteiger partial charge in [0.25, 0.3) is 0 Å². The molecule has 2 aliphatic heterocycles. The van der Waals surface area contributed by atoms with Crippen LogP contribution in [0.15, 0.2) is 6.20 Å². The molecular weight excluding hydrogens is 336 g/mol. The molecule has 0 aromatic carbocycles. The Morgan fingerprint density at radius 3 is 2.92 bits per heavy atom. The van der Waals surface area contributed by atoms with Gasteiger partial charge in [-0.1, -0.05) is 0 Å². The lowest BCUT2D eigenvalue weighted by Gasteiger charge is -2.48. The molecule has 140 valence electrons. The lowest BCUT2D eigenvalue weighted by molar-refractivity contribution is -0.139. The Bertz CT molecular complexity index is 591. The number of hydrogen-bond donors (Lipinski definition) is 1. The summed E-state index contributed by atoms with van der Waals surface area (Å²) in [5.41, 5.74) is 0.233. The van der Waals surface area contributed by atoms with E-state index < -0.39 is 0 Å². The van der Waals surface area contributed by atoms with Crippen LogP contribution in [0.1, 0.15) is 37.0 Å².